The van der Waals surface area contributed by atoms with E-state index in [1.165, 1.54) is 6.08 Å². The Morgan fingerprint density at radius 1 is 1.28 bits per heavy atom. The van der Waals surface area contributed by atoms with E-state index in [1.807, 2.05) is 19.1 Å². The standard InChI is InChI=1S/C22H17IN2O6S/c1-2-30-17-8-13(9-18-21(28)25(11-19(26)27)22(29)32-18)7-16(23)20(17)31-12-15-6-4-3-5-14(15)10-24/h3-9H,2,11-12H2,1H3,(H,26,27)/b18-9+. The number of amides is 2. The minimum atomic E-state index is -1.26. The van der Waals surface area contributed by atoms with Gasteiger partial charge in [0.1, 0.15) is 13.2 Å². The number of carboxylic acid groups (broad SMARTS) is 1. The maximum Gasteiger partial charge on any atom is 0.323 e. The highest BCUT2D eigenvalue weighted by Crippen LogP contribution is 2.38. The van der Waals surface area contributed by atoms with Crippen LogP contribution in [-0.4, -0.2) is 40.3 Å². The van der Waals surface area contributed by atoms with Crippen molar-refractivity contribution in [3.8, 4) is 17.6 Å². The zero-order valence-corrected chi connectivity index (χ0v) is 19.8. The number of carboxylic acids is 1. The quantitative estimate of drug-likeness (QED) is 0.374. The summed E-state index contributed by atoms with van der Waals surface area (Å²) in [6, 6.07) is 12.7. The van der Waals surface area contributed by atoms with Crippen molar-refractivity contribution in [2.45, 2.75) is 13.5 Å². The van der Waals surface area contributed by atoms with Crippen LogP contribution in [0.4, 0.5) is 4.79 Å². The van der Waals surface area contributed by atoms with Crippen molar-refractivity contribution in [2.24, 2.45) is 0 Å². The second-order valence-electron chi connectivity index (χ2n) is 6.48. The molecule has 8 nitrogen and oxygen atoms in total. The average Bonchev–Trinajstić information content (AvgIpc) is 3.00. The lowest BCUT2D eigenvalue weighted by molar-refractivity contribution is -0.140. The number of rotatable bonds is 8. The molecule has 0 unspecified atom stereocenters. The molecule has 0 spiro atoms. The molecule has 2 aromatic carbocycles. The smallest absolute Gasteiger partial charge is 0.323 e. The first-order chi connectivity index (χ1) is 15.3. The summed E-state index contributed by atoms with van der Waals surface area (Å²) in [5.41, 5.74) is 1.86. The maximum absolute atomic E-state index is 12.4. The second-order valence-corrected chi connectivity index (χ2v) is 8.64. The van der Waals surface area contributed by atoms with Crippen molar-refractivity contribution in [1.82, 2.24) is 4.90 Å². The van der Waals surface area contributed by atoms with Gasteiger partial charge in [-0.25, -0.2) is 0 Å². The van der Waals surface area contributed by atoms with Gasteiger partial charge in [-0.15, -0.1) is 0 Å². The third kappa shape index (κ3) is 5.41. The fourth-order valence-corrected chi connectivity index (χ4v) is 4.52. The number of nitrogens with zero attached hydrogens (tertiary/aromatic N) is 2. The summed E-state index contributed by atoms with van der Waals surface area (Å²) in [6.07, 6.45) is 1.52. The Hall–Kier alpha value is -3.04. The predicted molar refractivity (Wildman–Crippen MR) is 126 cm³/mol. The maximum atomic E-state index is 12.4. The molecule has 164 valence electrons. The highest BCUT2D eigenvalue weighted by molar-refractivity contribution is 14.1. The van der Waals surface area contributed by atoms with Gasteiger partial charge in [0.25, 0.3) is 11.1 Å². The van der Waals surface area contributed by atoms with Crippen LogP contribution >= 0.6 is 34.4 Å². The van der Waals surface area contributed by atoms with E-state index in [0.717, 1.165) is 5.56 Å². The van der Waals surface area contributed by atoms with Gasteiger partial charge in [-0.2, -0.15) is 5.26 Å². The summed E-state index contributed by atoms with van der Waals surface area (Å²) in [5.74, 6) is -0.966. The number of benzene rings is 2. The summed E-state index contributed by atoms with van der Waals surface area (Å²) in [4.78, 5) is 36.1. The number of ether oxygens (including phenoxy) is 2. The number of aliphatic carboxylic acids is 1. The first kappa shape index (κ1) is 23.6. The van der Waals surface area contributed by atoms with E-state index in [9.17, 15) is 19.6 Å². The molecule has 10 heteroatoms. The zero-order valence-electron chi connectivity index (χ0n) is 16.8. The van der Waals surface area contributed by atoms with Gasteiger partial charge in [0, 0.05) is 5.56 Å². The van der Waals surface area contributed by atoms with Crippen LogP contribution in [0.3, 0.4) is 0 Å². The third-order valence-corrected chi connectivity index (χ3v) is 6.01. The molecular weight excluding hydrogens is 547 g/mol. The molecule has 1 saturated heterocycles. The predicted octanol–water partition coefficient (Wildman–Crippen LogP) is 4.26. The first-order valence-electron chi connectivity index (χ1n) is 9.38. The molecule has 3 rings (SSSR count). The lowest BCUT2D eigenvalue weighted by Gasteiger charge is -2.15. The van der Waals surface area contributed by atoms with Crippen LogP contribution in [0.1, 0.15) is 23.6 Å². The Morgan fingerprint density at radius 3 is 2.72 bits per heavy atom. The van der Waals surface area contributed by atoms with E-state index in [0.29, 0.717) is 49.5 Å². The van der Waals surface area contributed by atoms with Gasteiger partial charge in [0.2, 0.25) is 0 Å². The molecule has 1 aliphatic heterocycles. The van der Waals surface area contributed by atoms with Crippen molar-refractivity contribution in [2.75, 3.05) is 13.2 Å². The molecule has 0 atom stereocenters. The number of carbonyl (C=O) groups excluding carboxylic acids is 2. The van der Waals surface area contributed by atoms with Gasteiger partial charge >= 0.3 is 5.97 Å². The minimum absolute atomic E-state index is 0.131. The fraction of sp³-hybridized carbons (Fsp3) is 0.182. The zero-order chi connectivity index (χ0) is 23.3. The van der Waals surface area contributed by atoms with Crippen molar-refractivity contribution < 1.29 is 29.0 Å². The third-order valence-electron chi connectivity index (χ3n) is 4.31. The van der Waals surface area contributed by atoms with Crippen molar-refractivity contribution in [3.05, 3.63) is 61.6 Å². The van der Waals surface area contributed by atoms with Crippen LogP contribution in [0.15, 0.2) is 41.3 Å². The molecule has 1 fully saturated rings. The lowest BCUT2D eigenvalue weighted by atomic mass is 10.1. The van der Waals surface area contributed by atoms with Crippen LogP contribution in [0.2, 0.25) is 0 Å². The number of hydrogen-bond acceptors (Lipinski definition) is 7. The van der Waals surface area contributed by atoms with E-state index < -0.39 is 23.7 Å². The monoisotopic (exact) mass is 564 g/mol. The Kier molecular flexibility index (Phi) is 7.76. The lowest BCUT2D eigenvalue weighted by Crippen LogP contribution is -2.33. The molecule has 2 aromatic rings. The second kappa shape index (κ2) is 10.5. The average molecular weight is 564 g/mol. The van der Waals surface area contributed by atoms with E-state index in [-0.39, 0.29) is 11.5 Å². The number of imide groups is 1. The van der Waals surface area contributed by atoms with Gasteiger partial charge in [0.05, 0.1) is 26.7 Å². The van der Waals surface area contributed by atoms with Crippen molar-refractivity contribution in [1.29, 1.82) is 5.26 Å². The van der Waals surface area contributed by atoms with Gasteiger partial charge < -0.3 is 14.6 Å². The van der Waals surface area contributed by atoms with E-state index in [1.54, 1.807) is 24.3 Å². The SMILES string of the molecule is CCOc1cc(/C=C2/SC(=O)N(CC(=O)O)C2=O)cc(I)c1OCc1ccccc1C#N. The van der Waals surface area contributed by atoms with Crippen molar-refractivity contribution in [3.63, 3.8) is 0 Å². The number of nitriles is 1. The van der Waals surface area contributed by atoms with Crippen LogP contribution in [-0.2, 0) is 16.2 Å². The molecule has 0 aliphatic carbocycles. The molecule has 0 bridgehead atoms. The van der Waals surface area contributed by atoms with Gasteiger partial charge in [0.15, 0.2) is 11.5 Å². The van der Waals surface area contributed by atoms with Gasteiger partial charge in [-0.3, -0.25) is 19.3 Å². The Morgan fingerprint density at radius 2 is 2.03 bits per heavy atom. The molecule has 1 heterocycles. The largest absolute Gasteiger partial charge is 0.490 e. The van der Waals surface area contributed by atoms with Crippen LogP contribution < -0.4 is 9.47 Å². The van der Waals surface area contributed by atoms with E-state index >= 15 is 0 Å². The number of hydrogen-bond donors (Lipinski definition) is 1. The highest BCUT2D eigenvalue weighted by atomic mass is 127. The molecule has 1 aliphatic rings. The van der Waals surface area contributed by atoms with Crippen LogP contribution in [0.5, 0.6) is 11.5 Å². The van der Waals surface area contributed by atoms with E-state index in [2.05, 4.69) is 28.7 Å². The molecular formula is C22H17IN2O6S. The number of halogens is 1. The Bertz CT molecular complexity index is 1160. The number of thioether (sulfide) groups is 1. The van der Waals surface area contributed by atoms with Gasteiger partial charge in [-0.1, -0.05) is 18.2 Å². The van der Waals surface area contributed by atoms with Gasteiger partial charge in [-0.05, 0) is 71.1 Å². The molecule has 0 radical (unpaired) electrons. The number of carbonyl (C=O) groups is 3. The Labute approximate surface area is 201 Å². The van der Waals surface area contributed by atoms with Crippen molar-refractivity contribution >= 4 is 57.5 Å². The summed E-state index contributed by atoms with van der Waals surface area (Å²) >= 11 is 2.77. The minimum Gasteiger partial charge on any atom is -0.490 e. The summed E-state index contributed by atoms with van der Waals surface area (Å²) in [5, 5.41) is 17.5. The van der Waals surface area contributed by atoms with Crippen LogP contribution in [0.25, 0.3) is 6.08 Å². The summed E-state index contributed by atoms with van der Waals surface area (Å²) in [7, 11) is 0. The topological polar surface area (TPSA) is 117 Å². The molecule has 2 amide bonds. The summed E-state index contributed by atoms with van der Waals surface area (Å²) < 4.78 is 12.4. The normalized spacial score (nSPS) is 14.5. The first-order valence-corrected chi connectivity index (χ1v) is 11.3. The Balaban J connectivity index is 1.88. The van der Waals surface area contributed by atoms with Crippen LogP contribution in [0, 0.1) is 14.9 Å². The van der Waals surface area contributed by atoms with E-state index in [4.69, 9.17) is 14.6 Å². The molecule has 0 aromatic heterocycles. The molecule has 0 saturated carbocycles. The fourth-order valence-electron chi connectivity index (χ4n) is 2.90. The molecule has 32 heavy (non-hydrogen) atoms. The summed E-state index contributed by atoms with van der Waals surface area (Å²) in [6.45, 7) is 1.69. The highest BCUT2D eigenvalue weighted by Gasteiger charge is 2.36. The molecule has 1 N–H and O–H groups in total.